The number of hydrogen-bond donors (Lipinski definition) is 2. The lowest BCUT2D eigenvalue weighted by atomic mass is 9.99. The van der Waals surface area contributed by atoms with E-state index in [1.54, 1.807) is 31.2 Å². The van der Waals surface area contributed by atoms with E-state index in [-0.39, 0.29) is 15.7 Å². The number of benzene rings is 2. The molecule has 2 rings (SSSR count). The normalized spacial score (nSPS) is 11.6. The molecular weight excluding hydrogens is 383 g/mol. The summed E-state index contributed by atoms with van der Waals surface area (Å²) >= 11 is 3.18. The summed E-state index contributed by atoms with van der Waals surface area (Å²) in [4.78, 5) is -0.728. The van der Waals surface area contributed by atoms with Gasteiger partial charge < -0.3 is 11.5 Å². The van der Waals surface area contributed by atoms with Gasteiger partial charge in [-0.15, -0.1) is 0 Å². The van der Waals surface area contributed by atoms with Crippen molar-refractivity contribution in [3.63, 3.8) is 0 Å². The van der Waals surface area contributed by atoms with Gasteiger partial charge in [0.25, 0.3) is 9.05 Å². The van der Waals surface area contributed by atoms with E-state index in [4.69, 9.17) is 22.1 Å². The van der Waals surface area contributed by atoms with Gasteiger partial charge in [0.15, 0.2) is 5.82 Å². The maximum atomic E-state index is 14.7. The molecule has 0 aliphatic rings. The van der Waals surface area contributed by atoms with Gasteiger partial charge in [-0.25, -0.2) is 12.8 Å². The lowest BCUT2D eigenvalue weighted by molar-refractivity contribution is 0.578. The molecule has 0 fully saturated rings. The third-order valence-electron chi connectivity index (χ3n) is 3.05. The zero-order chi connectivity index (χ0) is 15.9. The summed E-state index contributed by atoms with van der Waals surface area (Å²) in [6, 6.07) is 6.36. The summed E-state index contributed by atoms with van der Waals surface area (Å²) in [7, 11) is 0.965. The molecule has 4 nitrogen and oxygen atoms in total. The van der Waals surface area contributed by atoms with Crippen molar-refractivity contribution < 1.29 is 12.8 Å². The molecule has 8 heteroatoms. The first kappa shape index (κ1) is 16.1. The van der Waals surface area contributed by atoms with Crippen molar-refractivity contribution in [2.45, 2.75) is 11.8 Å². The first-order valence-corrected chi connectivity index (χ1v) is 8.82. The fourth-order valence-electron chi connectivity index (χ4n) is 2.04. The van der Waals surface area contributed by atoms with E-state index in [2.05, 4.69) is 15.9 Å². The van der Waals surface area contributed by atoms with Crippen molar-refractivity contribution in [1.29, 1.82) is 0 Å². The fraction of sp³-hybridized carbons (Fsp3) is 0.0769. The lowest BCUT2D eigenvalue weighted by Crippen LogP contribution is -2.07. The molecule has 0 amide bonds. The third-order valence-corrected chi connectivity index (χ3v) is 5.42. The number of halogens is 3. The Balaban J connectivity index is 2.90. The summed E-state index contributed by atoms with van der Waals surface area (Å²) in [6.45, 7) is 1.62. The summed E-state index contributed by atoms with van der Waals surface area (Å²) in [5.74, 6) is -0.979. The molecule has 0 radical (unpaired) electrons. The number of rotatable bonds is 2. The molecule has 2 aromatic carbocycles. The number of nitrogen functional groups attached to an aromatic ring is 2. The van der Waals surface area contributed by atoms with Crippen molar-refractivity contribution in [2.24, 2.45) is 0 Å². The molecule has 2 aromatic rings. The lowest BCUT2D eigenvalue weighted by Gasteiger charge is -2.15. The van der Waals surface area contributed by atoms with Gasteiger partial charge in [-0.05, 0) is 46.1 Å². The summed E-state index contributed by atoms with van der Waals surface area (Å²) < 4.78 is 38.1. The van der Waals surface area contributed by atoms with Gasteiger partial charge in [-0.1, -0.05) is 12.1 Å². The van der Waals surface area contributed by atoms with Crippen LogP contribution < -0.4 is 11.5 Å². The Labute approximate surface area is 134 Å². The van der Waals surface area contributed by atoms with Gasteiger partial charge in [0, 0.05) is 26.4 Å². The highest BCUT2D eigenvalue weighted by Crippen LogP contribution is 2.41. The molecule has 21 heavy (non-hydrogen) atoms. The van der Waals surface area contributed by atoms with Crippen LogP contribution >= 0.6 is 26.6 Å². The van der Waals surface area contributed by atoms with Crippen molar-refractivity contribution >= 4 is 47.0 Å². The molecule has 0 atom stereocenters. The molecule has 0 aliphatic carbocycles. The predicted octanol–water partition coefficient (Wildman–Crippen LogP) is 3.66. The van der Waals surface area contributed by atoms with Crippen LogP contribution in [0.4, 0.5) is 15.8 Å². The van der Waals surface area contributed by atoms with Crippen LogP contribution in [-0.4, -0.2) is 8.42 Å². The quantitative estimate of drug-likeness (QED) is 0.602. The predicted molar refractivity (Wildman–Crippen MR) is 86.1 cm³/mol. The Morgan fingerprint density at radius 2 is 1.71 bits per heavy atom. The first-order valence-electron chi connectivity index (χ1n) is 5.72. The zero-order valence-corrected chi connectivity index (χ0v) is 14.0. The zero-order valence-electron chi connectivity index (χ0n) is 10.8. The number of anilines is 2. The maximum absolute atomic E-state index is 14.7. The number of nitrogens with two attached hydrogens (primary N) is 2. The molecule has 0 spiro atoms. The highest BCUT2D eigenvalue weighted by Gasteiger charge is 2.27. The van der Waals surface area contributed by atoms with Gasteiger partial charge in [-0.3, -0.25) is 0 Å². The molecule has 0 saturated carbocycles. The van der Waals surface area contributed by atoms with E-state index in [1.807, 2.05) is 0 Å². The minimum Gasteiger partial charge on any atom is -0.399 e. The molecule has 0 saturated heterocycles. The summed E-state index contributed by atoms with van der Waals surface area (Å²) in [5.41, 5.74) is 12.6. The van der Waals surface area contributed by atoms with E-state index in [9.17, 15) is 12.8 Å². The van der Waals surface area contributed by atoms with Crippen molar-refractivity contribution in [3.8, 4) is 11.1 Å². The van der Waals surface area contributed by atoms with Gasteiger partial charge in [0.2, 0.25) is 0 Å². The van der Waals surface area contributed by atoms with Crippen molar-refractivity contribution in [3.05, 3.63) is 40.1 Å². The van der Waals surface area contributed by atoms with E-state index >= 15 is 0 Å². The molecule has 0 heterocycles. The first-order chi connectivity index (χ1) is 9.64. The highest BCUT2D eigenvalue weighted by atomic mass is 79.9. The molecule has 0 aliphatic heterocycles. The molecule has 0 unspecified atom stereocenters. The van der Waals surface area contributed by atoms with Gasteiger partial charge >= 0.3 is 0 Å². The van der Waals surface area contributed by atoms with E-state index < -0.39 is 19.8 Å². The average molecular weight is 394 g/mol. The van der Waals surface area contributed by atoms with Crippen LogP contribution in [0.1, 0.15) is 5.56 Å². The Bertz CT molecular complexity index is 823. The number of hydrogen-bond acceptors (Lipinski definition) is 4. The smallest absolute Gasteiger partial charge is 0.266 e. The fourth-order valence-corrected chi connectivity index (χ4v) is 3.70. The largest absolute Gasteiger partial charge is 0.399 e. The summed E-state index contributed by atoms with van der Waals surface area (Å²) in [5, 5.41) is 0. The van der Waals surface area contributed by atoms with Crippen LogP contribution in [-0.2, 0) is 9.05 Å². The second-order valence-electron chi connectivity index (χ2n) is 4.43. The van der Waals surface area contributed by atoms with E-state index in [1.165, 1.54) is 0 Å². The SMILES string of the molecule is Cc1c(Br)c(N)c(S(=O)(=O)Cl)c(F)c1-c1ccc(N)cc1. The maximum Gasteiger partial charge on any atom is 0.266 e. The minimum atomic E-state index is -4.32. The Morgan fingerprint density at radius 3 is 2.19 bits per heavy atom. The van der Waals surface area contributed by atoms with Crippen LogP contribution in [0.3, 0.4) is 0 Å². The highest BCUT2D eigenvalue weighted by molar-refractivity contribution is 9.10. The molecule has 112 valence electrons. The van der Waals surface area contributed by atoms with Crippen LogP contribution in [0.25, 0.3) is 11.1 Å². The van der Waals surface area contributed by atoms with Crippen LogP contribution in [0.2, 0.25) is 0 Å². The van der Waals surface area contributed by atoms with Gasteiger partial charge in [-0.2, -0.15) is 0 Å². The molecular formula is C13H11BrClFN2O2S. The van der Waals surface area contributed by atoms with Crippen molar-refractivity contribution in [1.82, 2.24) is 0 Å². The Hall–Kier alpha value is -1.31. The van der Waals surface area contributed by atoms with Crippen LogP contribution in [0.5, 0.6) is 0 Å². The average Bonchev–Trinajstić information content (AvgIpc) is 2.37. The van der Waals surface area contributed by atoms with Gasteiger partial charge in [0.1, 0.15) is 4.90 Å². The van der Waals surface area contributed by atoms with E-state index in [0.717, 1.165) is 0 Å². The second-order valence-corrected chi connectivity index (χ2v) is 7.73. The Morgan fingerprint density at radius 1 is 1.19 bits per heavy atom. The second kappa shape index (κ2) is 5.47. The van der Waals surface area contributed by atoms with E-state index in [0.29, 0.717) is 16.8 Å². The van der Waals surface area contributed by atoms with Crippen molar-refractivity contribution in [2.75, 3.05) is 11.5 Å². The molecule has 4 N–H and O–H groups in total. The standard InChI is InChI=1S/C13H11BrClFN2O2S/c1-6-9(7-2-4-8(17)5-3-7)11(16)13(21(15,19)20)12(18)10(6)14/h2-5H,17-18H2,1H3. The van der Waals surface area contributed by atoms with Crippen LogP contribution in [0, 0.1) is 12.7 Å². The van der Waals surface area contributed by atoms with Gasteiger partial charge in [0.05, 0.1) is 5.69 Å². The monoisotopic (exact) mass is 392 g/mol. The third kappa shape index (κ3) is 2.86. The summed E-state index contributed by atoms with van der Waals surface area (Å²) in [6.07, 6.45) is 0. The minimum absolute atomic E-state index is 0.107. The molecule has 0 aromatic heterocycles. The topological polar surface area (TPSA) is 86.2 Å². The Kier molecular flexibility index (Phi) is 4.19. The van der Waals surface area contributed by atoms with Crippen LogP contribution in [0.15, 0.2) is 33.6 Å². The molecule has 0 bridgehead atoms.